The first-order valence-corrected chi connectivity index (χ1v) is 10.5. The molecule has 0 radical (unpaired) electrons. The molecule has 0 fully saturated rings. The van der Waals surface area contributed by atoms with Gasteiger partial charge in [-0.05, 0) is 79.8 Å². The lowest BCUT2D eigenvalue weighted by Gasteiger charge is -2.13. The Labute approximate surface area is 171 Å². The van der Waals surface area contributed by atoms with Crippen LogP contribution in [0.4, 0.5) is 15.9 Å². The molecule has 2 aromatic heterocycles. The normalized spacial score (nSPS) is 13.5. The predicted molar refractivity (Wildman–Crippen MR) is 114 cm³/mol. The highest BCUT2D eigenvalue weighted by Gasteiger charge is 2.21. The van der Waals surface area contributed by atoms with Crippen LogP contribution in [0, 0.1) is 5.82 Å². The van der Waals surface area contributed by atoms with Crippen LogP contribution >= 0.6 is 22.9 Å². The molecule has 2 heterocycles. The standard InChI is InChI=1S/C22H17ClFN3S/c23-14-7-5-13(6-8-14)20-26-21(25-16-11-9-15(24)10-12-16)19-17-3-1-2-4-18(17)28-22(19)27-20/h5-12H,1-4H2,(H,25,26,27). The van der Waals surface area contributed by atoms with Gasteiger partial charge in [-0.15, -0.1) is 11.3 Å². The molecule has 0 spiro atoms. The first kappa shape index (κ1) is 17.6. The second-order valence-corrected chi connectivity index (χ2v) is 8.45. The largest absolute Gasteiger partial charge is 0.340 e. The second-order valence-electron chi connectivity index (χ2n) is 6.93. The van der Waals surface area contributed by atoms with E-state index in [1.54, 1.807) is 23.5 Å². The number of nitrogens with zero attached hydrogens (tertiary/aromatic N) is 2. The van der Waals surface area contributed by atoms with Crippen molar-refractivity contribution in [1.29, 1.82) is 0 Å². The van der Waals surface area contributed by atoms with E-state index in [-0.39, 0.29) is 5.82 Å². The van der Waals surface area contributed by atoms with Gasteiger partial charge in [0.2, 0.25) is 0 Å². The molecule has 0 saturated heterocycles. The minimum atomic E-state index is -0.256. The summed E-state index contributed by atoms with van der Waals surface area (Å²) >= 11 is 7.79. The smallest absolute Gasteiger partial charge is 0.163 e. The van der Waals surface area contributed by atoms with Crippen molar-refractivity contribution in [2.75, 3.05) is 5.32 Å². The summed E-state index contributed by atoms with van der Waals surface area (Å²) in [4.78, 5) is 12.1. The van der Waals surface area contributed by atoms with Crippen LogP contribution in [-0.4, -0.2) is 9.97 Å². The number of rotatable bonds is 3. The first-order valence-electron chi connectivity index (χ1n) is 9.28. The number of hydrogen-bond donors (Lipinski definition) is 1. The monoisotopic (exact) mass is 409 g/mol. The summed E-state index contributed by atoms with van der Waals surface area (Å²) in [5.74, 6) is 1.18. The van der Waals surface area contributed by atoms with Gasteiger partial charge in [-0.1, -0.05) is 11.6 Å². The molecule has 0 aliphatic heterocycles. The second kappa shape index (κ2) is 7.15. The molecule has 0 amide bonds. The Morgan fingerprint density at radius 1 is 0.929 bits per heavy atom. The van der Waals surface area contributed by atoms with Gasteiger partial charge in [-0.25, -0.2) is 14.4 Å². The van der Waals surface area contributed by atoms with E-state index in [0.717, 1.165) is 40.1 Å². The van der Waals surface area contributed by atoms with Crippen molar-refractivity contribution >= 4 is 44.7 Å². The number of halogens is 2. The van der Waals surface area contributed by atoms with Crippen LogP contribution in [0.3, 0.4) is 0 Å². The zero-order chi connectivity index (χ0) is 19.1. The van der Waals surface area contributed by atoms with Gasteiger partial charge < -0.3 is 5.32 Å². The third kappa shape index (κ3) is 3.25. The van der Waals surface area contributed by atoms with E-state index in [2.05, 4.69) is 5.32 Å². The fraction of sp³-hybridized carbons (Fsp3) is 0.182. The van der Waals surface area contributed by atoms with Crippen molar-refractivity contribution in [3.63, 3.8) is 0 Å². The molecule has 1 N–H and O–H groups in total. The Balaban J connectivity index is 1.68. The minimum absolute atomic E-state index is 0.256. The van der Waals surface area contributed by atoms with E-state index in [9.17, 15) is 4.39 Å². The van der Waals surface area contributed by atoms with Gasteiger partial charge in [0.15, 0.2) is 5.82 Å². The van der Waals surface area contributed by atoms with Crippen LogP contribution in [0.5, 0.6) is 0 Å². The summed E-state index contributed by atoms with van der Waals surface area (Å²) in [6.45, 7) is 0. The summed E-state index contributed by atoms with van der Waals surface area (Å²) in [6.07, 6.45) is 4.56. The SMILES string of the molecule is Fc1ccc(Nc2nc(-c3ccc(Cl)cc3)nc3sc4c(c23)CCCC4)cc1. The fourth-order valence-corrected chi connectivity index (χ4v) is 5.03. The fourth-order valence-electron chi connectivity index (χ4n) is 3.65. The van der Waals surface area contributed by atoms with Crippen LogP contribution < -0.4 is 5.32 Å². The number of benzene rings is 2. The van der Waals surface area contributed by atoms with Crippen LogP contribution in [0.1, 0.15) is 23.3 Å². The summed E-state index contributed by atoms with van der Waals surface area (Å²) in [5.41, 5.74) is 3.08. The van der Waals surface area contributed by atoms with Crippen LogP contribution in [-0.2, 0) is 12.8 Å². The number of nitrogens with one attached hydrogen (secondary N) is 1. The highest BCUT2D eigenvalue weighted by molar-refractivity contribution is 7.19. The molecular formula is C22H17ClFN3S. The maximum atomic E-state index is 13.3. The van der Waals surface area contributed by atoms with Gasteiger partial charge in [0.25, 0.3) is 0 Å². The molecule has 2 aromatic carbocycles. The molecule has 140 valence electrons. The van der Waals surface area contributed by atoms with E-state index in [1.807, 2.05) is 24.3 Å². The van der Waals surface area contributed by atoms with Crippen LogP contribution in [0.15, 0.2) is 48.5 Å². The lowest BCUT2D eigenvalue weighted by atomic mass is 9.97. The van der Waals surface area contributed by atoms with Gasteiger partial charge in [0.1, 0.15) is 16.5 Å². The lowest BCUT2D eigenvalue weighted by Crippen LogP contribution is -2.02. The van der Waals surface area contributed by atoms with Crippen molar-refractivity contribution in [3.05, 3.63) is 69.8 Å². The van der Waals surface area contributed by atoms with E-state index in [0.29, 0.717) is 10.8 Å². The Kier molecular flexibility index (Phi) is 4.49. The summed E-state index contributed by atoms with van der Waals surface area (Å²) in [6, 6.07) is 13.9. The van der Waals surface area contributed by atoms with E-state index in [4.69, 9.17) is 21.6 Å². The zero-order valence-electron chi connectivity index (χ0n) is 15.0. The van der Waals surface area contributed by atoms with Gasteiger partial charge in [-0.2, -0.15) is 0 Å². The Morgan fingerprint density at radius 3 is 2.46 bits per heavy atom. The van der Waals surface area contributed by atoms with Crippen molar-refractivity contribution in [1.82, 2.24) is 9.97 Å². The number of aromatic nitrogens is 2. The molecule has 0 bridgehead atoms. The quantitative estimate of drug-likeness (QED) is 0.405. The van der Waals surface area contributed by atoms with Gasteiger partial charge in [0, 0.05) is 21.2 Å². The number of anilines is 2. The van der Waals surface area contributed by atoms with Crippen LogP contribution in [0.25, 0.3) is 21.6 Å². The minimum Gasteiger partial charge on any atom is -0.340 e. The topological polar surface area (TPSA) is 37.8 Å². The number of aryl methyl sites for hydroxylation is 2. The molecule has 6 heteroatoms. The van der Waals surface area contributed by atoms with E-state index < -0.39 is 0 Å². The van der Waals surface area contributed by atoms with E-state index in [1.165, 1.54) is 35.4 Å². The summed E-state index contributed by atoms with van der Waals surface area (Å²) in [5, 5.41) is 5.18. The lowest BCUT2D eigenvalue weighted by molar-refractivity contribution is 0.628. The molecule has 0 unspecified atom stereocenters. The summed E-state index contributed by atoms with van der Waals surface area (Å²) in [7, 11) is 0. The number of thiophene rings is 1. The molecule has 5 rings (SSSR count). The van der Waals surface area contributed by atoms with Gasteiger partial charge >= 0.3 is 0 Å². The average molecular weight is 410 g/mol. The Bertz CT molecular complexity index is 1150. The maximum Gasteiger partial charge on any atom is 0.163 e. The average Bonchev–Trinajstić information content (AvgIpc) is 3.09. The van der Waals surface area contributed by atoms with Crippen molar-refractivity contribution in [2.24, 2.45) is 0 Å². The van der Waals surface area contributed by atoms with Gasteiger partial charge in [-0.3, -0.25) is 0 Å². The van der Waals surface area contributed by atoms with Crippen LogP contribution in [0.2, 0.25) is 5.02 Å². The third-order valence-corrected chi connectivity index (χ3v) is 6.46. The highest BCUT2D eigenvalue weighted by atomic mass is 35.5. The number of hydrogen-bond acceptors (Lipinski definition) is 4. The molecule has 0 atom stereocenters. The maximum absolute atomic E-state index is 13.3. The molecule has 4 aromatic rings. The molecule has 3 nitrogen and oxygen atoms in total. The molecule has 1 aliphatic rings. The molecule has 1 aliphatic carbocycles. The highest BCUT2D eigenvalue weighted by Crippen LogP contribution is 2.40. The third-order valence-electron chi connectivity index (χ3n) is 5.02. The Morgan fingerprint density at radius 2 is 1.68 bits per heavy atom. The van der Waals surface area contributed by atoms with E-state index >= 15 is 0 Å². The summed E-state index contributed by atoms with van der Waals surface area (Å²) < 4.78 is 13.3. The molecule has 0 saturated carbocycles. The molecule has 28 heavy (non-hydrogen) atoms. The molecular weight excluding hydrogens is 393 g/mol. The first-order chi connectivity index (χ1) is 13.7. The Hall–Kier alpha value is -2.50. The van der Waals surface area contributed by atoms with Gasteiger partial charge in [0.05, 0.1) is 5.39 Å². The zero-order valence-corrected chi connectivity index (χ0v) is 16.6. The predicted octanol–water partition coefficient (Wildman–Crippen LogP) is 6.77. The van der Waals surface area contributed by atoms with Crippen molar-refractivity contribution in [2.45, 2.75) is 25.7 Å². The number of fused-ring (bicyclic) bond motifs is 3. The van der Waals surface area contributed by atoms with Crippen molar-refractivity contribution in [3.8, 4) is 11.4 Å². The van der Waals surface area contributed by atoms with Crippen molar-refractivity contribution < 1.29 is 4.39 Å².